The Morgan fingerprint density at radius 3 is 2.50 bits per heavy atom. The molecule has 0 saturated carbocycles. The molecule has 0 atom stereocenters. The number of rotatable bonds is 6. The average molecular weight is 338 g/mol. The van der Waals surface area contributed by atoms with E-state index in [2.05, 4.69) is 10.9 Å². The maximum atomic E-state index is 12.1. The predicted octanol–water partition coefficient (Wildman–Crippen LogP) is -1.23. The summed E-state index contributed by atoms with van der Waals surface area (Å²) < 4.78 is 15.5. The first-order valence-electron chi connectivity index (χ1n) is 7.86. The number of morpholine rings is 1. The second kappa shape index (κ2) is 9.09. The first kappa shape index (κ1) is 18.0. The van der Waals surface area contributed by atoms with E-state index in [-0.39, 0.29) is 5.91 Å². The van der Waals surface area contributed by atoms with Crippen molar-refractivity contribution in [1.29, 1.82) is 0 Å². The fraction of sp³-hybridized carbons (Fsp3) is 0.500. The normalized spacial score (nSPS) is 14.8. The Balaban J connectivity index is 1.78. The molecule has 24 heavy (non-hydrogen) atoms. The zero-order valence-electron chi connectivity index (χ0n) is 14.0. The lowest BCUT2D eigenvalue weighted by atomic mass is 10.2. The minimum absolute atomic E-state index is 0.220. The molecule has 0 aliphatic carbocycles. The number of hydrogen-bond donors (Lipinski definition) is 3. The lowest BCUT2D eigenvalue weighted by Gasteiger charge is -2.23. The van der Waals surface area contributed by atoms with Gasteiger partial charge in [-0.3, -0.25) is 20.4 Å². The molecule has 2 rings (SSSR count). The summed E-state index contributed by atoms with van der Waals surface area (Å²) >= 11 is 0. The van der Waals surface area contributed by atoms with Crippen LogP contribution in [0.1, 0.15) is 16.8 Å². The number of nitrogens with one attached hydrogen (secondary N) is 3. The minimum atomic E-state index is -0.414. The highest BCUT2D eigenvalue weighted by molar-refractivity contribution is 5.96. The molecule has 0 spiro atoms. The molecule has 1 heterocycles. The minimum Gasteiger partial charge on any atom is -0.493 e. The molecule has 3 N–H and O–H groups in total. The van der Waals surface area contributed by atoms with Crippen molar-refractivity contribution >= 4 is 11.8 Å². The SMILES string of the molecule is COc1ccc(C(=O)NNC(=O)CC[NH+]2CCOCC2)cc1OC. The number of carbonyl (C=O) groups excluding carboxylic acids is 2. The van der Waals surface area contributed by atoms with E-state index >= 15 is 0 Å². The smallest absolute Gasteiger partial charge is 0.269 e. The molecule has 1 saturated heterocycles. The van der Waals surface area contributed by atoms with Crippen molar-refractivity contribution in [2.45, 2.75) is 6.42 Å². The molecule has 1 aliphatic heterocycles. The fourth-order valence-corrected chi connectivity index (χ4v) is 2.44. The number of hydrazine groups is 1. The number of amides is 2. The van der Waals surface area contributed by atoms with Gasteiger partial charge in [-0.1, -0.05) is 0 Å². The van der Waals surface area contributed by atoms with E-state index in [1.807, 2.05) is 0 Å². The van der Waals surface area contributed by atoms with Gasteiger partial charge in [0.2, 0.25) is 5.91 Å². The molecule has 0 bridgehead atoms. The Kier molecular flexibility index (Phi) is 6.83. The summed E-state index contributed by atoms with van der Waals surface area (Å²) in [4.78, 5) is 25.2. The third kappa shape index (κ3) is 5.10. The molecular formula is C16H24N3O5+. The van der Waals surface area contributed by atoms with Gasteiger partial charge in [0.25, 0.3) is 5.91 Å². The van der Waals surface area contributed by atoms with Gasteiger partial charge in [0, 0.05) is 5.56 Å². The monoisotopic (exact) mass is 338 g/mol. The maximum Gasteiger partial charge on any atom is 0.269 e. The van der Waals surface area contributed by atoms with Crippen LogP contribution in [0.25, 0.3) is 0 Å². The van der Waals surface area contributed by atoms with Gasteiger partial charge in [-0.15, -0.1) is 0 Å². The van der Waals surface area contributed by atoms with Gasteiger partial charge in [-0.05, 0) is 18.2 Å². The highest BCUT2D eigenvalue weighted by Crippen LogP contribution is 2.27. The van der Waals surface area contributed by atoms with Crippen LogP contribution in [0.15, 0.2) is 18.2 Å². The van der Waals surface area contributed by atoms with E-state index in [1.165, 1.54) is 19.1 Å². The molecule has 1 aliphatic rings. The van der Waals surface area contributed by atoms with Gasteiger partial charge in [-0.25, -0.2) is 0 Å². The Morgan fingerprint density at radius 2 is 1.83 bits per heavy atom. The van der Waals surface area contributed by atoms with Gasteiger partial charge >= 0.3 is 0 Å². The quantitative estimate of drug-likeness (QED) is 0.565. The summed E-state index contributed by atoms with van der Waals surface area (Å²) in [6.45, 7) is 4.00. The van der Waals surface area contributed by atoms with Gasteiger partial charge < -0.3 is 19.1 Å². The van der Waals surface area contributed by atoms with Gasteiger partial charge in [0.1, 0.15) is 13.1 Å². The average Bonchev–Trinajstić information content (AvgIpc) is 2.64. The van der Waals surface area contributed by atoms with Crippen LogP contribution in [-0.2, 0) is 9.53 Å². The lowest BCUT2D eigenvalue weighted by molar-refractivity contribution is -0.907. The summed E-state index contributed by atoms with van der Waals surface area (Å²) in [6, 6.07) is 4.79. The molecular weight excluding hydrogens is 314 g/mol. The maximum absolute atomic E-state index is 12.1. The molecule has 8 heteroatoms. The molecule has 2 amide bonds. The van der Waals surface area contributed by atoms with Gasteiger partial charge in [0.15, 0.2) is 11.5 Å². The van der Waals surface area contributed by atoms with Crippen LogP contribution in [0.5, 0.6) is 11.5 Å². The Hall–Kier alpha value is -2.32. The van der Waals surface area contributed by atoms with Crippen LogP contribution >= 0.6 is 0 Å². The number of quaternary nitrogens is 1. The van der Waals surface area contributed by atoms with Crippen molar-refractivity contribution in [3.63, 3.8) is 0 Å². The summed E-state index contributed by atoms with van der Waals surface area (Å²) in [5.74, 6) is 0.352. The van der Waals surface area contributed by atoms with Crippen molar-refractivity contribution in [2.75, 3.05) is 47.1 Å². The number of benzene rings is 1. The zero-order valence-corrected chi connectivity index (χ0v) is 14.0. The summed E-state index contributed by atoms with van der Waals surface area (Å²) in [7, 11) is 3.02. The van der Waals surface area contributed by atoms with E-state index in [0.29, 0.717) is 23.5 Å². The number of hydrogen-bond acceptors (Lipinski definition) is 5. The second-order valence-corrected chi connectivity index (χ2v) is 5.43. The molecule has 1 aromatic carbocycles. The lowest BCUT2D eigenvalue weighted by Crippen LogP contribution is -3.14. The van der Waals surface area contributed by atoms with Crippen molar-refractivity contribution in [1.82, 2.24) is 10.9 Å². The molecule has 0 radical (unpaired) electrons. The number of carbonyl (C=O) groups is 2. The molecule has 1 fully saturated rings. The summed E-state index contributed by atoms with van der Waals surface area (Å²) in [5.41, 5.74) is 5.21. The fourth-order valence-electron chi connectivity index (χ4n) is 2.44. The van der Waals surface area contributed by atoms with Crippen molar-refractivity contribution in [2.24, 2.45) is 0 Å². The highest BCUT2D eigenvalue weighted by atomic mass is 16.5. The first-order valence-corrected chi connectivity index (χ1v) is 7.86. The van der Waals surface area contributed by atoms with Crippen LogP contribution in [0, 0.1) is 0 Å². The molecule has 8 nitrogen and oxygen atoms in total. The Bertz CT molecular complexity index is 573. The van der Waals surface area contributed by atoms with Crippen molar-refractivity contribution in [3.8, 4) is 11.5 Å². The topological polar surface area (TPSA) is 90.3 Å². The molecule has 0 unspecified atom stereocenters. The Morgan fingerprint density at radius 1 is 1.12 bits per heavy atom. The second-order valence-electron chi connectivity index (χ2n) is 5.43. The number of ether oxygens (including phenoxy) is 3. The third-order valence-corrected chi connectivity index (χ3v) is 3.87. The van der Waals surface area contributed by atoms with Crippen molar-refractivity contribution in [3.05, 3.63) is 23.8 Å². The van der Waals surface area contributed by atoms with Crippen LogP contribution < -0.4 is 25.2 Å². The summed E-state index contributed by atoms with van der Waals surface area (Å²) in [5, 5.41) is 0. The zero-order chi connectivity index (χ0) is 17.4. The van der Waals surface area contributed by atoms with Crippen LogP contribution in [0.4, 0.5) is 0 Å². The van der Waals surface area contributed by atoms with Crippen LogP contribution in [-0.4, -0.2) is 58.9 Å². The first-order chi connectivity index (χ1) is 11.6. The largest absolute Gasteiger partial charge is 0.493 e. The van der Waals surface area contributed by atoms with Crippen LogP contribution in [0.2, 0.25) is 0 Å². The molecule has 132 valence electrons. The summed E-state index contributed by atoms with van der Waals surface area (Å²) in [6.07, 6.45) is 0.349. The van der Waals surface area contributed by atoms with E-state index in [1.54, 1.807) is 18.2 Å². The van der Waals surface area contributed by atoms with Gasteiger partial charge in [0.05, 0.1) is 40.4 Å². The van der Waals surface area contributed by atoms with E-state index < -0.39 is 5.91 Å². The molecule has 0 aromatic heterocycles. The molecule has 1 aromatic rings. The Labute approximate surface area is 141 Å². The number of methoxy groups -OCH3 is 2. The standard InChI is InChI=1S/C16H23N3O5/c1-22-13-4-3-12(11-14(13)23-2)16(21)18-17-15(20)5-6-19-7-9-24-10-8-19/h3-4,11H,5-10H2,1-2H3,(H,17,20)(H,18,21)/p+1. The highest BCUT2D eigenvalue weighted by Gasteiger charge is 2.16. The third-order valence-electron chi connectivity index (χ3n) is 3.87. The predicted molar refractivity (Wildman–Crippen MR) is 86.2 cm³/mol. The van der Waals surface area contributed by atoms with E-state index in [9.17, 15) is 9.59 Å². The van der Waals surface area contributed by atoms with Crippen LogP contribution in [0.3, 0.4) is 0 Å². The van der Waals surface area contributed by atoms with E-state index in [0.717, 1.165) is 32.8 Å². The van der Waals surface area contributed by atoms with E-state index in [4.69, 9.17) is 14.2 Å². The van der Waals surface area contributed by atoms with Gasteiger partial charge in [-0.2, -0.15) is 0 Å². The van der Waals surface area contributed by atoms with Crippen molar-refractivity contribution < 1.29 is 28.7 Å².